The molecule has 0 bridgehead atoms. The lowest BCUT2D eigenvalue weighted by Gasteiger charge is -2.20. The molecule has 0 aliphatic heterocycles. The first-order valence-corrected chi connectivity index (χ1v) is 23.5. The Hall–Kier alpha value is -3.08. The zero-order chi connectivity index (χ0) is 42.8. The standard InChI is InChI=1S/C46H78NO10P/c1-3-5-7-9-11-13-15-17-19-21-23-25-27-29-31-33-35-37-44(48)54-39-42(40-55-58(52,53)56-41-43(47)46(50)51)57-45(49)38-36-34-32-30-28-26-24-22-20-18-16-14-12-10-8-6-4-2/h11-14,17-20,23,25,29,31,42-43H,3-10,15-16,21-22,24,26-28,30,32-41,47H2,1-2H3,(H,50,51)(H,52,53)/b13-11+,14-12+,19-17+,20-18+,25-23+,31-29+/t42-,43+/m1/s1. The van der Waals surface area contributed by atoms with Crippen molar-refractivity contribution in [1.82, 2.24) is 0 Å². The van der Waals surface area contributed by atoms with E-state index >= 15 is 0 Å². The molecule has 0 amide bonds. The number of phosphoric acid groups is 1. The molecule has 0 radical (unpaired) electrons. The van der Waals surface area contributed by atoms with Gasteiger partial charge in [-0.3, -0.25) is 23.4 Å². The zero-order valence-electron chi connectivity index (χ0n) is 35.9. The van der Waals surface area contributed by atoms with Crippen LogP contribution in [-0.4, -0.2) is 59.9 Å². The summed E-state index contributed by atoms with van der Waals surface area (Å²) in [6, 6.07) is -1.53. The van der Waals surface area contributed by atoms with Gasteiger partial charge in [0.1, 0.15) is 12.6 Å². The van der Waals surface area contributed by atoms with Crippen LogP contribution in [0.1, 0.15) is 168 Å². The van der Waals surface area contributed by atoms with Crippen molar-refractivity contribution < 1.29 is 47.5 Å². The van der Waals surface area contributed by atoms with E-state index in [-0.39, 0.29) is 19.4 Å². The fourth-order valence-electron chi connectivity index (χ4n) is 5.44. The minimum absolute atomic E-state index is 0.137. The van der Waals surface area contributed by atoms with Gasteiger partial charge in [-0.2, -0.15) is 0 Å². The second-order valence-electron chi connectivity index (χ2n) is 14.5. The topological polar surface area (TPSA) is 172 Å². The molecule has 0 aliphatic rings. The lowest BCUT2D eigenvalue weighted by Crippen LogP contribution is -2.34. The van der Waals surface area contributed by atoms with Crippen molar-refractivity contribution in [1.29, 1.82) is 0 Å². The summed E-state index contributed by atoms with van der Waals surface area (Å²) in [5.41, 5.74) is 5.33. The molecule has 11 nitrogen and oxygen atoms in total. The predicted octanol–water partition coefficient (Wildman–Crippen LogP) is 11.7. The molecule has 0 saturated carbocycles. The number of allylic oxidation sites excluding steroid dienone is 12. The van der Waals surface area contributed by atoms with E-state index in [1.165, 1.54) is 57.8 Å². The molecule has 0 aromatic carbocycles. The minimum Gasteiger partial charge on any atom is -0.480 e. The lowest BCUT2D eigenvalue weighted by atomic mass is 10.1. The molecule has 332 valence electrons. The Labute approximate surface area is 350 Å². The van der Waals surface area contributed by atoms with Crippen molar-refractivity contribution in [2.75, 3.05) is 19.8 Å². The number of carboxylic acids is 1. The fourth-order valence-corrected chi connectivity index (χ4v) is 6.22. The van der Waals surface area contributed by atoms with Crippen molar-refractivity contribution >= 4 is 25.7 Å². The van der Waals surface area contributed by atoms with E-state index in [0.717, 1.165) is 64.2 Å². The predicted molar refractivity (Wildman–Crippen MR) is 235 cm³/mol. The quantitative estimate of drug-likeness (QED) is 0.0232. The maximum absolute atomic E-state index is 12.6. The molecule has 4 N–H and O–H groups in total. The molecular formula is C46H78NO10P. The first-order chi connectivity index (χ1) is 28.1. The normalized spacial score (nSPS) is 14.4. The van der Waals surface area contributed by atoms with Crippen molar-refractivity contribution in [3.8, 4) is 0 Å². The van der Waals surface area contributed by atoms with Crippen LogP contribution in [0.2, 0.25) is 0 Å². The van der Waals surface area contributed by atoms with Gasteiger partial charge in [-0.1, -0.05) is 145 Å². The number of hydrogen-bond acceptors (Lipinski definition) is 9. The van der Waals surface area contributed by atoms with Gasteiger partial charge in [-0.15, -0.1) is 0 Å². The third-order valence-electron chi connectivity index (χ3n) is 8.93. The lowest BCUT2D eigenvalue weighted by molar-refractivity contribution is -0.161. The van der Waals surface area contributed by atoms with Gasteiger partial charge in [0.25, 0.3) is 0 Å². The molecule has 0 rings (SSSR count). The molecule has 1 unspecified atom stereocenters. The number of unbranched alkanes of at least 4 members (excludes halogenated alkanes) is 14. The van der Waals surface area contributed by atoms with Crippen LogP contribution in [0.4, 0.5) is 0 Å². The van der Waals surface area contributed by atoms with Gasteiger partial charge in [-0.05, 0) is 83.5 Å². The summed E-state index contributed by atoms with van der Waals surface area (Å²) >= 11 is 0. The summed E-state index contributed by atoms with van der Waals surface area (Å²) in [5, 5.41) is 8.89. The van der Waals surface area contributed by atoms with E-state index in [2.05, 4.69) is 79.1 Å². The van der Waals surface area contributed by atoms with Crippen LogP contribution in [0.5, 0.6) is 0 Å². The second kappa shape index (κ2) is 40.7. The van der Waals surface area contributed by atoms with Crippen molar-refractivity contribution in [3.63, 3.8) is 0 Å². The highest BCUT2D eigenvalue weighted by Gasteiger charge is 2.28. The maximum atomic E-state index is 12.6. The molecule has 0 heterocycles. The van der Waals surface area contributed by atoms with Crippen LogP contribution in [-0.2, 0) is 37.5 Å². The molecule has 0 spiro atoms. The maximum Gasteiger partial charge on any atom is 0.472 e. The summed E-state index contributed by atoms with van der Waals surface area (Å²) in [6.45, 7) is 2.67. The van der Waals surface area contributed by atoms with Crippen molar-refractivity contribution in [2.24, 2.45) is 5.73 Å². The molecular weight excluding hydrogens is 757 g/mol. The summed E-state index contributed by atoms with van der Waals surface area (Å²) < 4.78 is 32.6. The summed E-state index contributed by atoms with van der Waals surface area (Å²) in [6.07, 6.45) is 48.2. The van der Waals surface area contributed by atoms with Gasteiger partial charge in [0.05, 0.1) is 13.2 Å². The number of aliphatic carboxylic acids is 1. The molecule has 0 aromatic heterocycles. The second-order valence-corrected chi connectivity index (χ2v) is 15.9. The molecule has 0 aliphatic carbocycles. The van der Waals surface area contributed by atoms with E-state index < -0.39 is 51.1 Å². The highest BCUT2D eigenvalue weighted by Crippen LogP contribution is 2.43. The van der Waals surface area contributed by atoms with Gasteiger partial charge in [-0.25, -0.2) is 4.57 Å². The zero-order valence-corrected chi connectivity index (χ0v) is 36.8. The Morgan fingerprint density at radius 1 is 0.534 bits per heavy atom. The van der Waals surface area contributed by atoms with Crippen LogP contribution in [0.15, 0.2) is 72.9 Å². The summed E-state index contributed by atoms with van der Waals surface area (Å²) in [5.74, 6) is -2.47. The average molecular weight is 836 g/mol. The van der Waals surface area contributed by atoms with Crippen LogP contribution < -0.4 is 5.73 Å². The molecule has 12 heteroatoms. The SMILES string of the molecule is CCCCC/C=C/C/C=C/C/C=C/C/C=C/CCCC(=O)OC[C@H](COP(=O)(O)OC[C@H](N)C(=O)O)OC(=O)CCCCCCCCC/C=C/C/C=C/CCCCC. The Bertz CT molecular complexity index is 1260. The number of nitrogens with two attached hydrogens (primary N) is 1. The van der Waals surface area contributed by atoms with E-state index in [4.69, 9.17) is 24.8 Å². The van der Waals surface area contributed by atoms with Crippen LogP contribution in [0, 0.1) is 0 Å². The number of carboxylic acid groups (broad SMARTS) is 1. The van der Waals surface area contributed by atoms with E-state index in [0.29, 0.717) is 19.3 Å². The third-order valence-corrected chi connectivity index (χ3v) is 9.88. The van der Waals surface area contributed by atoms with Gasteiger partial charge >= 0.3 is 25.7 Å². The Kier molecular flexibility index (Phi) is 38.5. The largest absolute Gasteiger partial charge is 0.480 e. The van der Waals surface area contributed by atoms with Crippen molar-refractivity contribution in [3.05, 3.63) is 72.9 Å². The van der Waals surface area contributed by atoms with Gasteiger partial charge in [0, 0.05) is 12.8 Å². The van der Waals surface area contributed by atoms with Crippen LogP contribution in [0.25, 0.3) is 0 Å². The molecule has 0 fully saturated rings. The number of rotatable bonds is 40. The Morgan fingerprint density at radius 3 is 1.41 bits per heavy atom. The van der Waals surface area contributed by atoms with E-state index in [1.54, 1.807) is 0 Å². The Balaban J connectivity index is 4.48. The number of ether oxygens (including phenoxy) is 2. The molecule has 3 atom stereocenters. The van der Waals surface area contributed by atoms with E-state index in [9.17, 15) is 23.8 Å². The number of esters is 2. The van der Waals surface area contributed by atoms with Crippen LogP contribution >= 0.6 is 7.82 Å². The third kappa shape index (κ3) is 39.7. The summed E-state index contributed by atoms with van der Waals surface area (Å²) in [7, 11) is -4.73. The average Bonchev–Trinajstić information content (AvgIpc) is 3.20. The Morgan fingerprint density at radius 2 is 0.931 bits per heavy atom. The smallest absolute Gasteiger partial charge is 0.472 e. The highest BCUT2D eigenvalue weighted by atomic mass is 31.2. The number of hydrogen-bond donors (Lipinski definition) is 3. The molecule has 0 saturated heterocycles. The van der Waals surface area contributed by atoms with E-state index in [1.807, 2.05) is 12.2 Å². The number of carbonyl (C=O) groups excluding carboxylic acids is 2. The number of phosphoric ester groups is 1. The highest BCUT2D eigenvalue weighted by molar-refractivity contribution is 7.47. The fraction of sp³-hybridized carbons (Fsp3) is 0.674. The molecule has 58 heavy (non-hydrogen) atoms. The first-order valence-electron chi connectivity index (χ1n) is 22.0. The van der Waals surface area contributed by atoms with Gasteiger partial charge in [0.15, 0.2) is 6.10 Å². The minimum atomic E-state index is -4.73. The number of carbonyl (C=O) groups is 3. The summed E-state index contributed by atoms with van der Waals surface area (Å²) in [4.78, 5) is 45.9. The monoisotopic (exact) mass is 836 g/mol. The van der Waals surface area contributed by atoms with Gasteiger partial charge in [0.2, 0.25) is 0 Å². The van der Waals surface area contributed by atoms with Crippen molar-refractivity contribution in [2.45, 2.75) is 180 Å². The first kappa shape index (κ1) is 54.9. The van der Waals surface area contributed by atoms with Gasteiger partial charge < -0.3 is 25.2 Å². The van der Waals surface area contributed by atoms with Crippen LogP contribution in [0.3, 0.4) is 0 Å². The molecule has 0 aromatic rings.